The summed E-state index contributed by atoms with van der Waals surface area (Å²) < 4.78 is 32.7. The van der Waals surface area contributed by atoms with Crippen LogP contribution in [0, 0.1) is 0 Å². The highest BCUT2D eigenvalue weighted by Gasteiger charge is 2.45. The van der Waals surface area contributed by atoms with E-state index in [2.05, 4.69) is 0 Å². The standard InChI is InChI=1S/C16H21NO5S/c1-16(2)7-12(10-22-16)23(20,21)17-8-11-5-3-4-6-13(11)14(9-17)15(18)19/h3-6,12,14H,7-10H2,1-2H3,(H,18,19). The van der Waals surface area contributed by atoms with Gasteiger partial charge in [-0.05, 0) is 31.4 Å². The lowest BCUT2D eigenvalue weighted by Crippen LogP contribution is -2.45. The van der Waals surface area contributed by atoms with Crippen molar-refractivity contribution in [2.45, 2.75) is 43.6 Å². The Labute approximate surface area is 136 Å². The minimum Gasteiger partial charge on any atom is -0.481 e. The Morgan fingerprint density at radius 1 is 1.35 bits per heavy atom. The monoisotopic (exact) mass is 339 g/mol. The van der Waals surface area contributed by atoms with E-state index in [1.165, 1.54) is 4.31 Å². The van der Waals surface area contributed by atoms with Gasteiger partial charge in [0.25, 0.3) is 0 Å². The minimum absolute atomic E-state index is 0.0222. The van der Waals surface area contributed by atoms with Crippen LogP contribution in [0.1, 0.15) is 37.3 Å². The van der Waals surface area contributed by atoms with E-state index in [1.54, 1.807) is 24.3 Å². The second-order valence-electron chi connectivity index (χ2n) is 6.82. The van der Waals surface area contributed by atoms with Gasteiger partial charge in [-0.2, -0.15) is 4.31 Å². The summed E-state index contributed by atoms with van der Waals surface area (Å²) in [6.07, 6.45) is 0.422. The molecular weight excluding hydrogens is 318 g/mol. The largest absolute Gasteiger partial charge is 0.481 e. The van der Waals surface area contributed by atoms with E-state index in [1.807, 2.05) is 13.8 Å². The first-order valence-corrected chi connectivity index (χ1v) is 9.14. The average Bonchev–Trinajstić information content (AvgIpc) is 2.86. The Balaban J connectivity index is 1.91. The first-order chi connectivity index (χ1) is 10.7. The molecule has 0 radical (unpaired) electrons. The van der Waals surface area contributed by atoms with E-state index in [9.17, 15) is 18.3 Å². The van der Waals surface area contributed by atoms with Gasteiger partial charge in [0.15, 0.2) is 0 Å². The van der Waals surface area contributed by atoms with E-state index >= 15 is 0 Å². The molecule has 126 valence electrons. The maximum atomic E-state index is 12.9. The molecule has 1 aromatic rings. The number of aliphatic carboxylic acids is 1. The molecule has 0 bridgehead atoms. The van der Waals surface area contributed by atoms with Crippen molar-refractivity contribution in [3.63, 3.8) is 0 Å². The van der Waals surface area contributed by atoms with Crippen LogP contribution in [0.3, 0.4) is 0 Å². The number of ether oxygens (including phenoxy) is 1. The van der Waals surface area contributed by atoms with Gasteiger partial charge in [0.05, 0.1) is 18.1 Å². The molecule has 0 aliphatic carbocycles. The Kier molecular flexibility index (Phi) is 3.98. The van der Waals surface area contributed by atoms with Gasteiger partial charge in [0.2, 0.25) is 10.0 Å². The molecule has 0 aromatic heterocycles. The summed E-state index contributed by atoms with van der Waals surface area (Å²) in [5.41, 5.74) is 1.000. The Morgan fingerprint density at radius 2 is 2.04 bits per heavy atom. The molecule has 6 nitrogen and oxygen atoms in total. The third-order valence-corrected chi connectivity index (χ3v) is 6.77. The fraction of sp³-hybridized carbons (Fsp3) is 0.562. The first kappa shape index (κ1) is 16.4. The molecule has 1 fully saturated rings. The van der Waals surface area contributed by atoms with E-state index < -0.39 is 32.8 Å². The quantitative estimate of drug-likeness (QED) is 0.904. The lowest BCUT2D eigenvalue weighted by molar-refractivity contribution is -0.139. The fourth-order valence-corrected chi connectivity index (χ4v) is 5.32. The van der Waals surface area contributed by atoms with Crippen LogP contribution < -0.4 is 0 Å². The van der Waals surface area contributed by atoms with Gasteiger partial charge >= 0.3 is 5.97 Å². The molecule has 3 rings (SSSR count). The van der Waals surface area contributed by atoms with Crippen molar-refractivity contribution < 1.29 is 23.1 Å². The third kappa shape index (κ3) is 3.00. The highest BCUT2D eigenvalue weighted by molar-refractivity contribution is 7.89. The maximum absolute atomic E-state index is 12.9. The predicted molar refractivity (Wildman–Crippen MR) is 84.6 cm³/mol. The third-order valence-electron chi connectivity index (χ3n) is 4.62. The van der Waals surface area contributed by atoms with Gasteiger partial charge < -0.3 is 9.84 Å². The van der Waals surface area contributed by atoms with Crippen molar-refractivity contribution in [1.29, 1.82) is 0 Å². The Morgan fingerprint density at radius 3 is 2.65 bits per heavy atom. The zero-order valence-electron chi connectivity index (χ0n) is 13.2. The van der Waals surface area contributed by atoms with Gasteiger partial charge in [-0.15, -0.1) is 0 Å². The smallest absolute Gasteiger partial charge is 0.312 e. The van der Waals surface area contributed by atoms with E-state index in [4.69, 9.17) is 4.74 Å². The SMILES string of the molecule is CC1(C)CC(S(=O)(=O)N2Cc3ccccc3C(C(=O)O)C2)CO1. The van der Waals surface area contributed by atoms with E-state index in [0.717, 1.165) is 5.56 Å². The zero-order chi connectivity index (χ0) is 16.8. The summed E-state index contributed by atoms with van der Waals surface area (Å²) in [6, 6.07) is 7.14. The molecule has 1 aromatic carbocycles. The number of hydrogen-bond acceptors (Lipinski definition) is 4. The van der Waals surface area contributed by atoms with Gasteiger partial charge in [0, 0.05) is 13.1 Å². The number of carboxylic acids is 1. The summed E-state index contributed by atoms with van der Waals surface area (Å²) in [5.74, 6) is -1.83. The molecule has 0 saturated carbocycles. The summed E-state index contributed by atoms with van der Waals surface area (Å²) in [4.78, 5) is 11.6. The summed E-state index contributed by atoms with van der Waals surface area (Å²) in [5, 5.41) is 8.86. The normalized spacial score (nSPS) is 27.6. The second kappa shape index (κ2) is 5.58. The molecular formula is C16H21NO5S. The number of hydrogen-bond donors (Lipinski definition) is 1. The zero-order valence-corrected chi connectivity index (χ0v) is 14.0. The number of fused-ring (bicyclic) bond motifs is 1. The molecule has 1 saturated heterocycles. The van der Waals surface area contributed by atoms with Crippen molar-refractivity contribution in [3.05, 3.63) is 35.4 Å². The van der Waals surface area contributed by atoms with Crippen molar-refractivity contribution in [1.82, 2.24) is 4.31 Å². The number of carbonyl (C=O) groups is 1. The molecule has 23 heavy (non-hydrogen) atoms. The lowest BCUT2D eigenvalue weighted by Gasteiger charge is -2.33. The Hall–Kier alpha value is -1.44. The van der Waals surface area contributed by atoms with Gasteiger partial charge in [-0.3, -0.25) is 4.79 Å². The van der Waals surface area contributed by atoms with Crippen molar-refractivity contribution in [2.75, 3.05) is 13.2 Å². The number of benzene rings is 1. The summed E-state index contributed by atoms with van der Waals surface area (Å²) in [6.45, 7) is 4.10. The van der Waals surface area contributed by atoms with Crippen LogP contribution in [0.25, 0.3) is 0 Å². The summed E-state index contributed by atoms with van der Waals surface area (Å²) >= 11 is 0. The van der Waals surface area contributed by atoms with Crippen molar-refractivity contribution in [3.8, 4) is 0 Å². The van der Waals surface area contributed by atoms with E-state index in [0.29, 0.717) is 12.0 Å². The van der Waals surface area contributed by atoms with Crippen LogP contribution in [0.5, 0.6) is 0 Å². The minimum atomic E-state index is -3.60. The molecule has 2 unspecified atom stereocenters. The van der Waals surface area contributed by atoms with Crippen LogP contribution in [0.15, 0.2) is 24.3 Å². The molecule has 1 N–H and O–H groups in total. The van der Waals surface area contributed by atoms with Gasteiger partial charge in [0.1, 0.15) is 5.25 Å². The van der Waals surface area contributed by atoms with Crippen molar-refractivity contribution in [2.24, 2.45) is 0 Å². The molecule has 2 heterocycles. The lowest BCUT2D eigenvalue weighted by atomic mass is 9.91. The highest BCUT2D eigenvalue weighted by Crippen LogP contribution is 2.35. The van der Waals surface area contributed by atoms with Crippen LogP contribution >= 0.6 is 0 Å². The fourth-order valence-electron chi connectivity index (χ4n) is 3.37. The summed E-state index contributed by atoms with van der Waals surface area (Å²) in [7, 11) is -3.60. The number of carboxylic acid groups (broad SMARTS) is 1. The van der Waals surface area contributed by atoms with Crippen LogP contribution in [0.2, 0.25) is 0 Å². The van der Waals surface area contributed by atoms with Crippen LogP contribution in [-0.2, 0) is 26.1 Å². The molecule has 0 spiro atoms. The van der Waals surface area contributed by atoms with Crippen molar-refractivity contribution >= 4 is 16.0 Å². The topological polar surface area (TPSA) is 83.9 Å². The second-order valence-corrected chi connectivity index (χ2v) is 9.04. The molecule has 2 aliphatic heterocycles. The Bertz CT molecular complexity index is 728. The molecule has 0 amide bonds. The number of nitrogens with zero attached hydrogens (tertiary/aromatic N) is 1. The van der Waals surface area contributed by atoms with Crippen LogP contribution in [-0.4, -0.2) is 47.8 Å². The van der Waals surface area contributed by atoms with Gasteiger partial charge in [-0.25, -0.2) is 8.42 Å². The first-order valence-electron chi connectivity index (χ1n) is 7.64. The number of sulfonamides is 1. The molecule has 2 aliphatic rings. The van der Waals surface area contributed by atoms with Crippen LogP contribution in [0.4, 0.5) is 0 Å². The maximum Gasteiger partial charge on any atom is 0.312 e. The number of rotatable bonds is 3. The van der Waals surface area contributed by atoms with E-state index in [-0.39, 0.29) is 19.7 Å². The molecule has 7 heteroatoms. The average molecular weight is 339 g/mol. The predicted octanol–water partition coefficient (Wildman–Crippen LogP) is 1.57. The van der Waals surface area contributed by atoms with Gasteiger partial charge in [-0.1, -0.05) is 24.3 Å². The highest BCUT2D eigenvalue weighted by atomic mass is 32.2. The molecule has 2 atom stereocenters.